The van der Waals surface area contributed by atoms with Crippen molar-refractivity contribution < 1.29 is 29.3 Å². The Labute approximate surface area is 198 Å². The quantitative estimate of drug-likeness (QED) is 0.528. The zero-order valence-corrected chi connectivity index (χ0v) is 19.7. The molecule has 182 valence electrons. The van der Waals surface area contributed by atoms with Crippen molar-refractivity contribution in [2.75, 3.05) is 27.3 Å². The molecule has 3 aromatic rings. The maximum Gasteiger partial charge on any atom is 0.414 e. The van der Waals surface area contributed by atoms with Crippen LogP contribution in [-0.2, 0) is 22.7 Å². The number of rotatable bonds is 6. The number of aromatic nitrogens is 2. The number of ether oxygens (including phenoxy) is 2. The van der Waals surface area contributed by atoms with Crippen LogP contribution in [-0.4, -0.2) is 63.9 Å². The molecule has 0 spiro atoms. The second-order valence-electron chi connectivity index (χ2n) is 8.31. The average molecular weight is 470 g/mol. The Hall–Kier alpha value is -3.59. The van der Waals surface area contributed by atoms with Crippen molar-refractivity contribution in [1.29, 1.82) is 0 Å². The molecule has 34 heavy (non-hydrogen) atoms. The lowest BCUT2D eigenvalue weighted by molar-refractivity contribution is -0.159. The van der Waals surface area contributed by atoms with Gasteiger partial charge in [0.05, 0.1) is 25.3 Å². The summed E-state index contributed by atoms with van der Waals surface area (Å²) >= 11 is 0. The Balaban J connectivity index is 0.000000481. The number of piperidine rings is 1. The summed E-state index contributed by atoms with van der Waals surface area (Å²) in [5.41, 5.74) is 3.60. The number of para-hydroxylation sites is 2. The topological polar surface area (TPSA) is 114 Å². The van der Waals surface area contributed by atoms with Gasteiger partial charge in [0.2, 0.25) is 0 Å². The Morgan fingerprint density at radius 2 is 1.59 bits per heavy atom. The highest BCUT2D eigenvalue weighted by Crippen LogP contribution is 2.27. The molecule has 0 radical (unpaired) electrons. The first-order chi connectivity index (χ1) is 16.3. The van der Waals surface area contributed by atoms with Gasteiger partial charge in [-0.15, -0.1) is 0 Å². The van der Waals surface area contributed by atoms with E-state index in [0.29, 0.717) is 5.92 Å². The molecule has 4 rings (SSSR count). The number of methoxy groups -OCH3 is 2. The highest BCUT2D eigenvalue weighted by molar-refractivity contribution is 6.27. The van der Waals surface area contributed by atoms with Crippen molar-refractivity contribution in [3.8, 4) is 11.5 Å². The van der Waals surface area contributed by atoms with E-state index in [-0.39, 0.29) is 0 Å². The number of fused-ring (bicyclic) bond motifs is 1. The lowest BCUT2D eigenvalue weighted by atomic mass is 9.96. The summed E-state index contributed by atoms with van der Waals surface area (Å²) in [6.45, 7) is 6.36. The molecular formula is C25H31N3O6. The van der Waals surface area contributed by atoms with Crippen LogP contribution >= 0.6 is 0 Å². The summed E-state index contributed by atoms with van der Waals surface area (Å²) in [5.74, 6) is -0.122. The van der Waals surface area contributed by atoms with Crippen LogP contribution in [0.25, 0.3) is 11.0 Å². The van der Waals surface area contributed by atoms with Crippen LogP contribution in [0.5, 0.6) is 11.5 Å². The molecule has 9 nitrogen and oxygen atoms in total. The third-order valence-corrected chi connectivity index (χ3v) is 5.99. The van der Waals surface area contributed by atoms with Gasteiger partial charge in [-0.05, 0) is 68.6 Å². The first-order valence-corrected chi connectivity index (χ1v) is 11.1. The van der Waals surface area contributed by atoms with Crippen LogP contribution in [0, 0.1) is 12.8 Å². The van der Waals surface area contributed by atoms with Crippen LogP contribution in [0.3, 0.4) is 0 Å². The SMILES string of the molecule is COc1cc(CN2CCC(Cn3c(C)nc4ccccc43)CC2)cc(OC)c1.O=C(O)C(=O)O. The van der Waals surface area contributed by atoms with E-state index in [2.05, 4.69) is 52.8 Å². The van der Waals surface area contributed by atoms with Crippen LogP contribution < -0.4 is 9.47 Å². The molecule has 0 amide bonds. The molecular weight excluding hydrogens is 438 g/mol. The lowest BCUT2D eigenvalue weighted by Crippen LogP contribution is -2.34. The molecule has 0 saturated carbocycles. The molecule has 1 aliphatic heterocycles. The van der Waals surface area contributed by atoms with Crippen molar-refractivity contribution in [2.45, 2.75) is 32.9 Å². The van der Waals surface area contributed by atoms with E-state index in [4.69, 9.17) is 34.3 Å². The number of carboxylic acid groups (broad SMARTS) is 2. The van der Waals surface area contributed by atoms with Gasteiger partial charge in [-0.3, -0.25) is 4.90 Å². The molecule has 0 atom stereocenters. The number of carboxylic acids is 2. The van der Waals surface area contributed by atoms with Gasteiger partial charge in [-0.25, -0.2) is 14.6 Å². The lowest BCUT2D eigenvalue weighted by Gasteiger charge is -2.32. The van der Waals surface area contributed by atoms with E-state index in [1.165, 1.54) is 23.9 Å². The Kier molecular flexibility index (Phi) is 8.48. The van der Waals surface area contributed by atoms with Crippen molar-refractivity contribution in [1.82, 2.24) is 14.5 Å². The number of likely N-dealkylation sites (tertiary alicyclic amines) is 1. The summed E-state index contributed by atoms with van der Waals surface area (Å²) in [5, 5.41) is 14.8. The van der Waals surface area contributed by atoms with Gasteiger partial charge >= 0.3 is 11.9 Å². The molecule has 2 aromatic carbocycles. The zero-order valence-electron chi connectivity index (χ0n) is 19.7. The van der Waals surface area contributed by atoms with Gasteiger partial charge in [0, 0.05) is 19.2 Å². The standard InChI is InChI=1S/C23H29N3O2.C2H2O4/c1-17-24-22-6-4-5-7-23(22)26(17)16-18-8-10-25(11-9-18)15-19-12-20(27-2)14-21(13-19)28-3;3-1(4)2(5)6/h4-7,12-14,18H,8-11,15-16H2,1-3H3;(H,3,4)(H,5,6). The van der Waals surface area contributed by atoms with E-state index in [1.807, 2.05) is 6.07 Å². The number of benzene rings is 2. The predicted molar refractivity (Wildman–Crippen MR) is 127 cm³/mol. The molecule has 2 N–H and O–H groups in total. The van der Waals surface area contributed by atoms with Crippen molar-refractivity contribution in [2.24, 2.45) is 5.92 Å². The molecule has 1 aliphatic rings. The van der Waals surface area contributed by atoms with Crippen molar-refractivity contribution in [3.63, 3.8) is 0 Å². The Bertz CT molecular complexity index is 1100. The van der Waals surface area contributed by atoms with E-state index < -0.39 is 11.9 Å². The van der Waals surface area contributed by atoms with Crippen LogP contribution in [0.15, 0.2) is 42.5 Å². The van der Waals surface area contributed by atoms with Crippen LogP contribution in [0.2, 0.25) is 0 Å². The average Bonchev–Trinajstić information content (AvgIpc) is 3.15. The minimum Gasteiger partial charge on any atom is -0.497 e. The second kappa shape index (κ2) is 11.5. The van der Waals surface area contributed by atoms with E-state index in [0.717, 1.165) is 49.0 Å². The zero-order chi connectivity index (χ0) is 24.7. The number of hydrogen-bond acceptors (Lipinski definition) is 6. The predicted octanol–water partition coefficient (Wildman–Crippen LogP) is 3.43. The van der Waals surface area contributed by atoms with E-state index in [1.54, 1.807) is 14.2 Å². The van der Waals surface area contributed by atoms with Crippen LogP contribution in [0.4, 0.5) is 0 Å². The normalized spacial score (nSPS) is 14.3. The van der Waals surface area contributed by atoms with Gasteiger partial charge < -0.3 is 24.3 Å². The maximum absolute atomic E-state index is 9.10. The summed E-state index contributed by atoms with van der Waals surface area (Å²) in [6, 6.07) is 14.6. The minimum atomic E-state index is -1.82. The first-order valence-electron chi connectivity index (χ1n) is 11.1. The van der Waals surface area contributed by atoms with Crippen LogP contribution in [0.1, 0.15) is 24.2 Å². The van der Waals surface area contributed by atoms with Gasteiger partial charge in [-0.1, -0.05) is 12.1 Å². The second-order valence-corrected chi connectivity index (χ2v) is 8.31. The Morgan fingerprint density at radius 1 is 1.00 bits per heavy atom. The van der Waals surface area contributed by atoms with Gasteiger partial charge in [-0.2, -0.15) is 0 Å². The summed E-state index contributed by atoms with van der Waals surface area (Å²) < 4.78 is 13.2. The number of carbonyl (C=O) groups is 2. The third kappa shape index (κ3) is 6.48. The van der Waals surface area contributed by atoms with E-state index in [9.17, 15) is 0 Å². The van der Waals surface area contributed by atoms with Gasteiger partial charge in [0.25, 0.3) is 0 Å². The number of imidazole rings is 1. The minimum absolute atomic E-state index is 0.701. The fourth-order valence-electron chi connectivity index (χ4n) is 4.23. The number of aliphatic carboxylic acids is 2. The van der Waals surface area contributed by atoms with Gasteiger partial charge in [0.15, 0.2) is 0 Å². The highest BCUT2D eigenvalue weighted by atomic mass is 16.5. The van der Waals surface area contributed by atoms with Crippen molar-refractivity contribution >= 4 is 23.0 Å². The first kappa shape index (κ1) is 25.0. The number of hydrogen-bond donors (Lipinski definition) is 2. The molecule has 0 aliphatic carbocycles. The smallest absolute Gasteiger partial charge is 0.414 e. The summed E-state index contributed by atoms with van der Waals surface area (Å²) in [4.78, 5) is 25.4. The van der Waals surface area contributed by atoms with Crippen molar-refractivity contribution in [3.05, 3.63) is 53.9 Å². The third-order valence-electron chi connectivity index (χ3n) is 5.99. The molecule has 2 heterocycles. The molecule has 1 saturated heterocycles. The maximum atomic E-state index is 9.10. The highest BCUT2D eigenvalue weighted by Gasteiger charge is 2.21. The summed E-state index contributed by atoms with van der Waals surface area (Å²) in [7, 11) is 3.40. The number of nitrogens with zero attached hydrogens (tertiary/aromatic N) is 3. The fraction of sp³-hybridized carbons (Fsp3) is 0.400. The Morgan fingerprint density at radius 3 is 2.15 bits per heavy atom. The molecule has 9 heteroatoms. The molecule has 0 unspecified atom stereocenters. The van der Waals surface area contributed by atoms with E-state index >= 15 is 0 Å². The fourth-order valence-corrected chi connectivity index (χ4v) is 4.23. The van der Waals surface area contributed by atoms with Gasteiger partial charge in [0.1, 0.15) is 17.3 Å². The molecule has 0 bridgehead atoms. The monoisotopic (exact) mass is 469 g/mol. The largest absolute Gasteiger partial charge is 0.497 e. The molecule has 1 fully saturated rings. The number of aryl methyl sites for hydroxylation is 1. The summed E-state index contributed by atoms with van der Waals surface area (Å²) in [6.07, 6.45) is 2.43. The molecule has 1 aromatic heterocycles.